The SMILES string of the molecule is O=C(Cc1ccccc1F)NC1(C(=O)O)CCOC1. The molecule has 0 radical (unpaired) electrons. The molecule has 0 bridgehead atoms. The Morgan fingerprint density at radius 1 is 1.42 bits per heavy atom. The van der Waals surface area contributed by atoms with Gasteiger partial charge in [0.05, 0.1) is 13.0 Å². The van der Waals surface area contributed by atoms with Crippen molar-refractivity contribution in [1.82, 2.24) is 5.32 Å². The van der Waals surface area contributed by atoms with Gasteiger partial charge in [0.15, 0.2) is 5.54 Å². The minimum absolute atomic E-state index is 0.0641. The van der Waals surface area contributed by atoms with Crippen molar-refractivity contribution in [2.45, 2.75) is 18.4 Å². The molecular formula is C13H14FNO4. The van der Waals surface area contributed by atoms with Gasteiger partial charge in [-0.05, 0) is 11.6 Å². The Balaban J connectivity index is 2.05. The molecule has 1 aliphatic rings. The summed E-state index contributed by atoms with van der Waals surface area (Å²) in [4.78, 5) is 23.0. The fourth-order valence-corrected chi connectivity index (χ4v) is 2.01. The molecule has 6 heteroatoms. The number of carbonyl (C=O) groups excluding carboxylic acids is 1. The summed E-state index contributed by atoms with van der Waals surface area (Å²) in [7, 11) is 0. The molecule has 1 aliphatic heterocycles. The summed E-state index contributed by atoms with van der Waals surface area (Å²) >= 11 is 0. The third-order valence-corrected chi connectivity index (χ3v) is 3.12. The van der Waals surface area contributed by atoms with E-state index in [0.29, 0.717) is 0 Å². The van der Waals surface area contributed by atoms with Crippen molar-refractivity contribution in [3.8, 4) is 0 Å². The first kappa shape index (κ1) is 13.5. The molecule has 19 heavy (non-hydrogen) atoms. The number of carbonyl (C=O) groups is 2. The monoisotopic (exact) mass is 267 g/mol. The Morgan fingerprint density at radius 2 is 2.16 bits per heavy atom. The predicted octanol–water partition coefficient (Wildman–Crippen LogP) is 0.728. The Morgan fingerprint density at radius 3 is 2.74 bits per heavy atom. The van der Waals surface area contributed by atoms with Crippen LogP contribution in [0.4, 0.5) is 4.39 Å². The summed E-state index contributed by atoms with van der Waals surface area (Å²) in [6, 6.07) is 5.90. The number of ether oxygens (including phenoxy) is 1. The number of carboxylic acids is 1. The van der Waals surface area contributed by atoms with E-state index in [1.807, 2.05) is 0 Å². The molecule has 102 valence electrons. The highest BCUT2D eigenvalue weighted by molar-refractivity contribution is 5.88. The Labute approximate surface area is 109 Å². The predicted molar refractivity (Wildman–Crippen MR) is 64.0 cm³/mol. The van der Waals surface area contributed by atoms with Crippen molar-refractivity contribution in [3.05, 3.63) is 35.6 Å². The Hall–Kier alpha value is -1.95. The van der Waals surface area contributed by atoms with Gasteiger partial charge in [0.2, 0.25) is 5.91 Å². The van der Waals surface area contributed by atoms with E-state index in [0.717, 1.165) is 0 Å². The number of rotatable bonds is 4. The molecule has 1 unspecified atom stereocenters. The Bertz CT molecular complexity index is 497. The number of nitrogens with one attached hydrogen (secondary N) is 1. The molecular weight excluding hydrogens is 253 g/mol. The number of hydrogen-bond donors (Lipinski definition) is 2. The Kier molecular flexibility index (Phi) is 3.80. The minimum Gasteiger partial charge on any atom is -0.479 e. The van der Waals surface area contributed by atoms with Gasteiger partial charge in [0.25, 0.3) is 0 Å². The molecule has 1 amide bonds. The molecule has 1 atom stereocenters. The highest BCUT2D eigenvalue weighted by Gasteiger charge is 2.43. The lowest BCUT2D eigenvalue weighted by molar-refractivity contribution is -0.147. The van der Waals surface area contributed by atoms with Crippen molar-refractivity contribution in [3.63, 3.8) is 0 Å². The third-order valence-electron chi connectivity index (χ3n) is 3.12. The fourth-order valence-electron chi connectivity index (χ4n) is 2.01. The normalized spacial score (nSPS) is 22.2. The van der Waals surface area contributed by atoms with E-state index in [2.05, 4.69) is 5.32 Å². The van der Waals surface area contributed by atoms with Crippen LogP contribution < -0.4 is 5.32 Å². The van der Waals surface area contributed by atoms with Gasteiger partial charge >= 0.3 is 5.97 Å². The van der Waals surface area contributed by atoms with E-state index in [4.69, 9.17) is 9.84 Å². The average Bonchev–Trinajstić information content (AvgIpc) is 2.82. The van der Waals surface area contributed by atoms with Gasteiger partial charge in [-0.2, -0.15) is 0 Å². The number of benzene rings is 1. The van der Waals surface area contributed by atoms with Gasteiger partial charge in [-0.25, -0.2) is 9.18 Å². The average molecular weight is 267 g/mol. The summed E-state index contributed by atoms with van der Waals surface area (Å²) in [5.74, 6) is -2.14. The third kappa shape index (κ3) is 2.90. The van der Waals surface area contributed by atoms with Crippen LogP contribution in [0.3, 0.4) is 0 Å². The lowest BCUT2D eigenvalue weighted by atomic mass is 9.98. The van der Waals surface area contributed by atoms with E-state index in [1.54, 1.807) is 6.07 Å². The van der Waals surface area contributed by atoms with Crippen LogP contribution in [0.5, 0.6) is 0 Å². The van der Waals surface area contributed by atoms with Crippen molar-refractivity contribution in [2.24, 2.45) is 0 Å². The smallest absolute Gasteiger partial charge is 0.331 e. The lowest BCUT2D eigenvalue weighted by Crippen LogP contribution is -2.55. The van der Waals surface area contributed by atoms with Crippen molar-refractivity contribution < 1.29 is 23.8 Å². The van der Waals surface area contributed by atoms with Gasteiger partial charge in [-0.1, -0.05) is 18.2 Å². The highest BCUT2D eigenvalue weighted by Crippen LogP contribution is 2.19. The van der Waals surface area contributed by atoms with Gasteiger partial charge < -0.3 is 15.2 Å². The second-order valence-electron chi connectivity index (χ2n) is 4.51. The molecule has 1 fully saturated rings. The van der Waals surface area contributed by atoms with Gasteiger partial charge in [-0.15, -0.1) is 0 Å². The van der Waals surface area contributed by atoms with E-state index < -0.39 is 23.2 Å². The quantitative estimate of drug-likeness (QED) is 0.843. The number of carboxylic acid groups (broad SMARTS) is 1. The van der Waals surface area contributed by atoms with Crippen LogP contribution in [0.25, 0.3) is 0 Å². The van der Waals surface area contributed by atoms with Crippen LogP contribution >= 0.6 is 0 Å². The molecule has 0 aliphatic carbocycles. The van der Waals surface area contributed by atoms with E-state index >= 15 is 0 Å². The summed E-state index contributed by atoms with van der Waals surface area (Å²) in [6.07, 6.45) is 0.0209. The molecule has 0 aromatic heterocycles. The van der Waals surface area contributed by atoms with Gasteiger partial charge in [0, 0.05) is 13.0 Å². The largest absolute Gasteiger partial charge is 0.479 e. The number of hydrogen-bond acceptors (Lipinski definition) is 3. The lowest BCUT2D eigenvalue weighted by Gasteiger charge is -2.23. The standard InChI is InChI=1S/C13H14FNO4/c14-10-4-2-1-3-9(10)7-11(16)15-13(12(17)18)5-6-19-8-13/h1-4H,5-8H2,(H,15,16)(H,17,18). The highest BCUT2D eigenvalue weighted by atomic mass is 19.1. The van der Waals surface area contributed by atoms with Crippen LogP contribution in [-0.2, 0) is 20.7 Å². The maximum atomic E-state index is 13.4. The first-order chi connectivity index (χ1) is 9.03. The van der Waals surface area contributed by atoms with Crippen molar-refractivity contribution in [2.75, 3.05) is 13.2 Å². The fraction of sp³-hybridized carbons (Fsp3) is 0.385. The van der Waals surface area contributed by atoms with Crippen LogP contribution in [0.15, 0.2) is 24.3 Å². The maximum Gasteiger partial charge on any atom is 0.331 e. The second kappa shape index (κ2) is 5.36. The van der Waals surface area contributed by atoms with Gasteiger partial charge in [0.1, 0.15) is 5.82 Å². The van der Waals surface area contributed by atoms with Gasteiger partial charge in [-0.3, -0.25) is 4.79 Å². The summed E-state index contributed by atoms with van der Waals surface area (Å²) in [5, 5.41) is 11.6. The summed E-state index contributed by atoms with van der Waals surface area (Å²) in [6.45, 7) is 0.220. The number of amides is 1. The molecule has 1 heterocycles. The van der Waals surface area contributed by atoms with Crippen LogP contribution in [0.2, 0.25) is 0 Å². The molecule has 1 aromatic rings. The topological polar surface area (TPSA) is 75.6 Å². The summed E-state index contributed by atoms with van der Waals surface area (Å²) < 4.78 is 18.4. The molecule has 0 spiro atoms. The first-order valence-corrected chi connectivity index (χ1v) is 5.89. The number of aliphatic carboxylic acids is 1. The first-order valence-electron chi connectivity index (χ1n) is 5.89. The van der Waals surface area contributed by atoms with E-state index in [9.17, 15) is 14.0 Å². The van der Waals surface area contributed by atoms with E-state index in [-0.39, 0.29) is 31.6 Å². The molecule has 5 nitrogen and oxygen atoms in total. The zero-order valence-electron chi connectivity index (χ0n) is 10.2. The van der Waals surface area contributed by atoms with Crippen LogP contribution in [0.1, 0.15) is 12.0 Å². The molecule has 0 saturated carbocycles. The van der Waals surface area contributed by atoms with Crippen molar-refractivity contribution in [1.29, 1.82) is 0 Å². The maximum absolute atomic E-state index is 13.4. The minimum atomic E-state index is -1.39. The number of halogens is 1. The van der Waals surface area contributed by atoms with Crippen LogP contribution in [-0.4, -0.2) is 35.7 Å². The van der Waals surface area contributed by atoms with E-state index in [1.165, 1.54) is 18.2 Å². The zero-order chi connectivity index (χ0) is 13.9. The van der Waals surface area contributed by atoms with Crippen molar-refractivity contribution >= 4 is 11.9 Å². The molecule has 1 aromatic carbocycles. The molecule has 1 saturated heterocycles. The molecule has 2 rings (SSSR count). The summed E-state index contributed by atoms with van der Waals surface area (Å²) in [5.41, 5.74) is -1.15. The molecule has 2 N–H and O–H groups in total. The zero-order valence-corrected chi connectivity index (χ0v) is 10.2. The van der Waals surface area contributed by atoms with Crippen LogP contribution in [0, 0.1) is 5.82 Å². The second-order valence-corrected chi connectivity index (χ2v) is 4.51.